The van der Waals surface area contributed by atoms with Gasteiger partial charge >= 0.3 is 5.97 Å². The molecule has 1 saturated heterocycles. The smallest absolute Gasteiger partial charge is 0.335 e. The van der Waals surface area contributed by atoms with Crippen molar-refractivity contribution in [3.8, 4) is 0 Å². The van der Waals surface area contributed by atoms with Gasteiger partial charge in [-0.25, -0.2) is 13.2 Å². The number of benzene rings is 1. The molecule has 0 radical (unpaired) electrons. The van der Waals surface area contributed by atoms with Crippen LogP contribution in [0.1, 0.15) is 42.1 Å². The number of nitrogens with zero attached hydrogens (tertiary/aromatic N) is 2. The minimum atomic E-state index is -3.22. The van der Waals surface area contributed by atoms with Crippen molar-refractivity contribution in [3.05, 3.63) is 35.4 Å². The van der Waals surface area contributed by atoms with Crippen molar-refractivity contribution in [2.75, 3.05) is 25.9 Å². The zero-order valence-corrected chi connectivity index (χ0v) is 16.0. The zero-order valence-electron chi connectivity index (χ0n) is 15.2. The molecule has 7 nitrogen and oxygen atoms in total. The summed E-state index contributed by atoms with van der Waals surface area (Å²) in [5.74, 6) is -0.918. The van der Waals surface area contributed by atoms with E-state index < -0.39 is 16.0 Å². The molecule has 1 aliphatic heterocycles. The maximum Gasteiger partial charge on any atom is 0.335 e. The molecule has 0 atom stereocenters. The van der Waals surface area contributed by atoms with E-state index in [1.54, 1.807) is 17.0 Å². The van der Waals surface area contributed by atoms with E-state index in [0.29, 0.717) is 45.3 Å². The highest BCUT2D eigenvalue weighted by Gasteiger charge is 2.30. The van der Waals surface area contributed by atoms with E-state index in [-0.39, 0.29) is 17.5 Å². The fraction of sp³-hybridized carbons (Fsp3) is 0.556. The van der Waals surface area contributed by atoms with E-state index in [1.807, 2.05) is 6.92 Å². The Labute approximate surface area is 154 Å². The lowest BCUT2D eigenvalue weighted by Crippen LogP contribution is -2.48. The molecule has 8 heteroatoms. The summed E-state index contributed by atoms with van der Waals surface area (Å²) >= 11 is 0. The van der Waals surface area contributed by atoms with Gasteiger partial charge in [-0.05, 0) is 37.0 Å². The number of aryl methyl sites for hydroxylation is 1. The number of sulfonamides is 1. The van der Waals surface area contributed by atoms with Crippen molar-refractivity contribution in [2.45, 2.75) is 38.6 Å². The normalized spacial score (nSPS) is 16.0. The molecule has 0 unspecified atom stereocenters. The molecule has 1 heterocycles. The van der Waals surface area contributed by atoms with Crippen LogP contribution in [0.15, 0.2) is 24.3 Å². The summed E-state index contributed by atoms with van der Waals surface area (Å²) in [5, 5.41) is 8.89. The number of carboxylic acid groups (broad SMARTS) is 1. The molecular formula is C18H26N2O5S. The number of carboxylic acids is 1. The second kappa shape index (κ2) is 8.64. The Morgan fingerprint density at radius 3 is 2.23 bits per heavy atom. The van der Waals surface area contributed by atoms with Gasteiger partial charge in [0, 0.05) is 32.1 Å². The highest BCUT2D eigenvalue weighted by molar-refractivity contribution is 7.88. The third-order valence-electron chi connectivity index (χ3n) is 4.79. The largest absolute Gasteiger partial charge is 0.478 e. The van der Waals surface area contributed by atoms with Crippen molar-refractivity contribution in [1.29, 1.82) is 0 Å². The minimum absolute atomic E-state index is 0.0392. The number of carbonyl (C=O) groups is 2. The van der Waals surface area contributed by atoms with E-state index in [2.05, 4.69) is 0 Å². The maximum atomic E-state index is 12.4. The predicted molar refractivity (Wildman–Crippen MR) is 98.5 cm³/mol. The van der Waals surface area contributed by atoms with Crippen molar-refractivity contribution in [2.24, 2.45) is 0 Å². The number of carbonyl (C=O) groups excluding carboxylic acids is 1. The van der Waals surface area contributed by atoms with Crippen LogP contribution in [0.5, 0.6) is 0 Å². The summed E-state index contributed by atoms with van der Waals surface area (Å²) in [7, 11) is -3.22. The number of hydrogen-bond acceptors (Lipinski definition) is 4. The van der Waals surface area contributed by atoms with Crippen LogP contribution in [0, 0.1) is 0 Å². The molecule has 26 heavy (non-hydrogen) atoms. The van der Waals surface area contributed by atoms with Crippen LogP contribution >= 0.6 is 0 Å². The molecule has 1 aromatic rings. The molecule has 144 valence electrons. The van der Waals surface area contributed by atoms with E-state index in [9.17, 15) is 18.0 Å². The fourth-order valence-electron chi connectivity index (χ4n) is 3.39. The Bertz CT molecular complexity index is 737. The second-order valence-corrected chi connectivity index (χ2v) is 8.52. The molecular weight excluding hydrogens is 356 g/mol. The van der Waals surface area contributed by atoms with Crippen molar-refractivity contribution in [3.63, 3.8) is 0 Å². The van der Waals surface area contributed by atoms with Gasteiger partial charge in [-0.15, -0.1) is 0 Å². The first-order valence-electron chi connectivity index (χ1n) is 8.79. The Morgan fingerprint density at radius 2 is 1.77 bits per heavy atom. The Balaban J connectivity index is 1.83. The van der Waals surface area contributed by atoms with Crippen LogP contribution < -0.4 is 0 Å². The van der Waals surface area contributed by atoms with E-state index >= 15 is 0 Å². The summed E-state index contributed by atoms with van der Waals surface area (Å²) in [6.45, 7) is 3.40. The lowest BCUT2D eigenvalue weighted by molar-refractivity contribution is -0.132. The van der Waals surface area contributed by atoms with Crippen LogP contribution in [-0.2, 0) is 21.2 Å². The Hall–Kier alpha value is -1.93. The molecule has 0 saturated carbocycles. The average Bonchev–Trinajstić information content (AvgIpc) is 2.60. The molecule has 1 aromatic carbocycles. The number of aromatic carboxylic acids is 1. The number of rotatable bonds is 7. The van der Waals surface area contributed by atoms with Crippen LogP contribution in [0.25, 0.3) is 0 Å². The molecule has 0 aliphatic carbocycles. The Morgan fingerprint density at radius 1 is 1.19 bits per heavy atom. The number of likely N-dealkylation sites (tertiary alicyclic amines) is 1. The molecule has 1 aliphatic rings. The predicted octanol–water partition coefficient (Wildman–Crippen LogP) is 1.59. The summed E-state index contributed by atoms with van der Waals surface area (Å²) in [6.07, 6.45) is 3.45. The van der Waals surface area contributed by atoms with Gasteiger partial charge in [0.15, 0.2) is 0 Å². The van der Waals surface area contributed by atoms with Crippen molar-refractivity contribution in [1.82, 2.24) is 9.21 Å². The number of piperidine rings is 1. The Kier molecular flexibility index (Phi) is 6.77. The molecule has 1 amide bonds. The van der Waals surface area contributed by atoms with Crippen LogP contribution in [0.2, 0.25) is 0 Å². The van der Waals surface area contributed by atoms with Gasteiger partial charge in [0.2, 0.25) is 15.9 Å². The quantitative estimate of drug-likeness (QED) is 0.773. The highest BCUT2D eigenvalue weighted by atomic mass is 32.2. The molecule has 1 N–H and O–H groups in total. The highest BCUT2D eigenvalue weighted by Crippen LogP contribution is 2.20. The second-order valence-electron chi connectivity index (χ2n) is 6.58. The SMILES string of the molecule is CCN(C1CCN(C(=O)CCc2ccc(C(=O)O)cc2)CC1)S(C)(=O)=O. The van der Waals surface area contributed by atoms with Crippen LogP contribution in [0.3, 0.4) is 0 Å². The van der Waals surface area contributed by atoms with E-state index in [4.69, 9.17) is 5.11 Å². The summed E-state index contributed by atoms with van der Waals surface area (Å²) in [5.41, 5.74) is 1.15. The number of hydrogen-bond donors (Lipinski definition) is 1. The molecule has 0 bridgehead atoms. The van der Waals surface area contributed by atoms with Gasteiger partial charge in [0.25, 0.3) is 0 Å². The standard InChI is InChI=1S/C18H26N2O5S/c1-3-20(26(2,24)25)16-10-12-19(13-11-16)17(21)9-6-14-4-7-15(8-5-14)18(22)23/h4-5,7-8,16H,3,6,9-13H2,1-2H3,(H,22,23). The lowest BCUT2D eigenvalue weighted by atomic mass is 10.0. The summed E-state index contributed by atoms with van der Waals surface area (Å²) < 4.78 is 25.1. The topological polar surface area (TPSA) is 95.0 Å². The fourth-order valence-corrected chi connectivity index (χ4v) is 4.61. The van der Waals surface area contributed by atoms with Crippen molar-refractivity contribution >= 4 is 21.9 Å². The first kappa shape index (κ1) is 20.4. The number of amides is 1. The van der Waals surface area contributed by atoms with Crippen LogP contribution in [0.4, 0.5) is 0 Å². The van der Waals surface area contributed by atoms with Gasteiger partial charge in [-0.1, -0.05) is 19.1 Å². The third-order valence-corrected chi connectivity index (χ3v) is 6.20. The molecule has 1 fully saturated rings. The van der Waals surface area contributed by atoms with Gasteiger partial charge in [-0.2, -0.15) is 4.31 Å². The van der Waals surface area contributed by atoms with Gasteiger partial charge < -0.3 is 10.0 Å². The van der Waals surface area contributed by atoms with E-state index in [0.717, 1.165) is 5.56 Å². The van der Waals surface area contributed by atoms with Gasteiger partial charge in [0.1, 0.15) is 0 Å². The average molecular weight is 382 g/mol. The lowest BCUT2D eigenvalue weighted by Gasteiger charge is -2.37. The van der Waals surface area contributed by atoms with Gasteiger partial charge in [0.05, 0.1) is 11.8 Å². The minimum Gasteiger partial charge on any atom is -0.478 e. The first-order valence-corrected chi connectivity index (χ1v) is 10.6. The molecule has 0 spiro atoms. The van der Waals surface area contributed by atoms with Crippen molar-refractivity contribution < 1.29 is 23.1 Å². The summed E-state index contributed by atoms with van der Waals surface area (Å²) in [4.78, 5) is 25.0. The summed E-state index contributed by atoms with van der Waals surface area (Å²) in [6, 6.07) is 6.50. The van der Waals surface area contributed by atoms with E-state index in [1.165, 1.54) is 22.7 Å². The first-order chi connectivity index (χ1) is 12.2. The van der Waals surface area contributed by atoms with Gasteiger partial charge in [-0.3, -0.25) is 4.79 Å². The van der Waals surface area contributed by atoms with Crippen LogP contribution in [-0.4, -0.2) is 66.5 Å². The maximum absolute atomic E-state index is 12.4. The zero-order chi connectivity index (χ0) is 19.3. The third kappa shape index (κ3) is 5.28. The monoisotopic (exact) mass is 382 g/mol. The molecule has 2 rings (SSSR count). The molecule has 0 aromatic heterocycles.